The van der Waals surface area contributed by atoms with Gasteiger partial charge in [-0.3, -0.25) is 57.5 Å². The first-order valence-electron chi connectivity index (χ1n) is 35.1. The number of alkyl halides is 1. The van der Waals surface area contributed by atoms with Crippen molar-refractivity contribution in [3.05, 3.63) is 0 Å². The summed E-state index contributed by atoms with van der Waals surface area (Å²) in [6.45, 7) is 11.0. The molecule has 3 saturated carbocycles. The minimum absolute atomic E-state index is 0.0195. The molecule has 7 rings (SSSR count). The quantitative estimate of drug-likeness (QED) is 0.273. The van der Waals surface area contributed by atoms with E-state index in [-0.39, 0.29) is 56.0 Å². The molecule has 0 aromatic carbocycles. The molecule has 25 heteroatoms. The number of rotatable bonds is 9. The van der Waals surface area contributed by atoms with Crippen LogP contribution in [0, 0.1) is 23.7 Å². The summed E-state index contributed by atoms with van der Waals surface area (Å²) >= 11 is 6.66. The van der Waals surface area contributed by atoms with Gasteiger partial charge in [-0.2, -0.15) is 0 Å². The van der Waals surface area contributed by atoms with Crippen molar-refractivity contribution >= 4 is 82.5 Å². The zero-order chi connectivity index (χ0) is 68.3. The number of likely N-dealkylation sites (tertiary alicyclic amines) is 1. The first-order chi connectivity index (χ1) is 44.0. The molecular weight excluding hydrogens is 1210 g/mol. The minimum atomic E-state index is -1.47. The number of hydrogen-bond acceptors (Lipinski definition) is 12. The van der Waals surface area contributed by atoms with Crippen LogP contribution in [-0.4, -0.2) is 255 Å². The largest absolute Gasteiger partial charge is 0.343 e. The molecule has 93 heavy (non-hydrogen) atoms. The Kier molecular flexibility index (Phi) is 26.4. The lowest BCUT2D eigenvalue weighted by atomic mass is 9.84. The number of amides is 12. The number of carbonyl (C=O) groups excluding carboxylic acids is 12. The Morgan fingerprint density at radius 1 is 0.570 bits per heavy atom. The maximum absolute atomic E-state index is 15.4. The van der Waals surface area contributed by atoms with Crippen LogP contribution in [0.3, 0.4) is 0 Å². The fourth-order valence-electron chi connectivity index (χ4n) is 15.5. The highest BCUT2D eigenvalue weighted by molar-refractivity contribution is 6.20. The van der Waals surface area contributed by atoms with Gasteiger partial charge in [0.15, 0.2) is 0 Å². The van der Waals surface area contributed by atoms with Gasteiger partial charge in [0.05, 0.1) is 13.0 Å². The van der Waals surface area contributed by atoms with Crippen molar-refractivity contribution in [2.75, 3.05) is 75.0 Å². The van der Waals surface area contributed by atoms with Gasteiger partial charge in [-0.05, 0) is 121 Å². The van der Waals surface area contributed by atoms with Crippen LogP contribution in [0.15, 0.2) is 0 Å². The molecule has 2 unspecified atom stereocenters. The van der Waals surface area contributed by atoms with Gasteiger partial charge in [0.25, 0.3) is 0 Å². The van der Waals surface area contributed by atoms with Crippen LogP contribution in [0.2, 0.25) is 0 Å². The fourth-order valence-corrected chi connectivity index (χ4v) is 15.9. The Labute approximate surface area is 557 Å². The number of fused-ring (bicyclic) bond motifs is 2. The lowest BCUT2D eigenvalue weighted by Crippen LogP contribution is -2.65. The van der Waals surface area contributed by atoms with Gasteiger partial charge in [-0.25, -0.2) is 0 Å². The van der Waals surface area contributed by atoms with E-state index < -0.39 is 156 Å². The van der Waals surface area contributed by atoms with Crippen molar-refractivity contribution in [3.8, 4) is 0 Å². The van der Waals surface area contributed by atoms with Crippen LogP contribution in [0.1, 0.15) is 196 Å². The molecule has 3 N–H and O–H groups in total. The highest BCUT2D eigenvalue weighted by Crippen LogP contribution is 2.36. The molecule has 12 amide bonds. The summed E-state index contributed by atoms with van der Waals surface area (Å²) < 4.78 is 0. The molecule has 0 aromatic heterocycles. The Morgan fingerprint density at radius 3 is 1.82 bits per heavy atom. The summed E-state index contributed by atoms with van der Waals surface area (Å²) in [6, 6.07) is -10.1. The van der Waals surface area contributed by atoms with E-state index in [2.05, 4.69) is 16.0 Å². The number of halogens is 1. The molecule has 24 nitrogen and oxygen atoms in total. The first-order valence-corrected chi connectivity index (χ1v) is 35.5. The highest BCUT2D eigenvalue weighted by Gasteiger charge is 2.51. The van der Waals surface area contributed by atoms with Crippen molar-refractivity contribution in [3.63, 3.8) is 0 Å². The lowest BCUT2D eigenvalue weighted by molar-refractivity contribution is -0.160. The Morgan fingerprint density at radius 2 is 1.20 bits per heavy atom. The average molecular weight is 1320 g/mol. The predicted molar refractivity (Wildman–Crippen MR) is 351 cm³/mol. The van der Waals surface area contributed by atoms with E-state index >= 15 is 14.4 Å². The summed E-state index contributed by atoms with van der Waals surface area (Å²) in [7, 11) is 8.86. The third-order valence-corrected chi connectivity index (χ3v) is 22.6. The second kappa shape index (κ2) is 33.1. The van der Waals surface area contributed by atoms with Gasteiger partial charge in [0.1, 0.15) is 59.9 Å². The molecule has 0 bridgehead atoms. The Hall–Kier alpha value is -6.07. The van der Waals surface area contributed by atoms with E-state index in [0.29, 0.717) is 58.0 Å². The van der Waals surface area contributed by atoms with Gasteiger partial charge in [0, 0.05) is 73.8 Å². The highest BCUT2D eigenvalue weighted by atomic mass is 35.5. The molecule has 1 spiro atoms. The smallest absolute Gasteiger partial charge is 0.248 e. The predicted octanol–water partition coefficient (Wildman–Crippen LogP) is 4.28. The summed E-state index contributed by atoms with van der Waals surface area (Å²) in [5.41, 5.74) is -1.47. The third kappa shape index (κ3) is 17.5. The fraction of sp³-hybridized carbons (Fsp3) is 0.824. The number of nitrogens with zero attached hydrogens (tertiary/aromatic N) is 9. The van der Waals surface area contributed by atoms with Gasteiger partial charge < -0.3 is 60.0 Å². The SMILES string of the molecule is CC[C@H](C)[C@@H]1NC(=O)[C@H](C)N(C)C(=O)C[C@@H](C(=O)N2CCCCC2)N(C)C(=O)[C@H](C(C)C)N(C)C(=O)C2(CCCC2)NC(=O)[C@@H]2CCCN2C(=O)[C@H](CCC2CCCC(Cl)C2)NC(=O)CN(C)C(=O)[C@H](CC2CCCCC2)N(C)C(=O)[C@@H]2CCN2C(=O)[C@H](C)N(C)C1=O. The number of piperidine rings is 1. The zero-order valence-electron chi connectivity index (χ0n) is 57.9. The van der Waals surface area contributed by atoms with Crippen LogP contribution >= 0.6 is 11.6 Å². The topological polar surface area (TPSA) is 270 Å². The molecule has 12 atom stereocenters. The van der Waals surface area contributed by atoms with Crippen molar-refractivity contribution in [1.82, 2.24) is 60.0 Å². The second-order valence-electron chi connectivity index (χ2n) is 28.9. The molecular formula is C68H111ClN12O12. The van der Waals surface area contributed by atoms with Crippen molar-refractivity contribution < 1.29 is 57.5 Å². The van der Waals surface area contributed by atoms with Crippen molar-refractivity contribution in [2.24, 2.45) is 23.7 Å². The van der Waals surface area contributed by atoms with Crippen LogP contribution < -0.4 is 16.0 Å². The summed E-state index contributed by atoms with van der Waals surface area (Å²) in [4.78, 5) is 190. The summed E-state index contributed by atoms with van der Waals surface area (Å²) in [5, 5.41) is 8.94. The Balaban J connectivity index is 1.24. The zero-order valence-corrected chi connectivity index (χ0v) is 58.6. The molecule has 4 saturated heterocycles. The molecule has 7 fully saturated rings. The van der Waals surface area contributed by atoms with Crippen LogP contribution in [0.5, 0.6) is 0 Å². The second-order valence-corrected chi connectivity index (χ2v) is 29.5. The van der Waals surface area contributed by atoms with E-state index in [4.69, 9.17) is 11.6 Å². The lowest BCUT2D eigenvalue weighted by Gasteiger charge is -2.45. The summed E-state index contributed by atoms with van der Waals surface area (Å²) in [6.07, 6.45) is 14.2. The van der Waals surface area contributed by atoms with Crippen LogP contribution in [-0.2, 0) is 57.5 Å². The summed E-state index contributed by atoms with van der Waals surface area (Å²) in [5.74, 6) is -7.30. The van der Waals surface area contributed by atoms with Gasteiger partial charge >= 0.3 is 0 Å². The standard InChI is InChI=1S/C68H111ClN12O12/c1-13-43(4)56-65(91)75(9)45(6)60(86)81-37-31-51(81)63(89)76(10)52(39-46-24-16-14-17-25-46)62(88)73(7)41-54(82)70-49(30-29-47-26-22-27-48(69)38-47)61(87)80-36-23-28-50(80)59(85)72-68(32-18-19-33-68)67(93)78(12)57(42(2)3)66(92)77(11)53(64(90)79-34-20-15-21-35-79)40-55(83)74(8)44(5)58(84)71-56/h42-53,56-57H,13-41H2,1-12H3,(H,70,82)(H,71,84)(H,72,85)/t43-,44-,45-,47?,48?,49-,50-,51-,52-,53-,56-,57-/m0/s1. The van der Waals surface area contributed by atoms with Gasteiger partial charge in [-0.1, -0.05) is 91.9 Å². The molecule has 522 valence electrons. The van der Waals surface area contributed by atoms with Gasteiger partial charge in [0.2, 0.25) is 70.9 Å². The minimum Gasteiger partial charge on any atom is -0.343 e. The normalized spacial score (nSPS) is 31.4. The number of likely N-dealkylation sites (N-methyl/N-ethyl adjacent to an activating group) is 6. The molecule has 7 aliphatic rings. The third-order valence-electron chi connectivity index (χ3n) is 22.2. The van der Waals surface area contributed by atoms with Crippen molar-refractivity contribution in [2.45, 2.75) is 261 Å². The first kappa shape index (κ1) is 74.3. The number of carbonyl (C=O) groups is 12. The van der Waals surface area contributed by atoms with E-state index in [0.717, 1.165) is 77.0 Å². The van der Waals surface area contributed by atoms with E-state index in [9.17, 15) is 43.2 Å². The monoisotopic (exact) mass is 1320 g/mol. The van der Waals surface area contributed by atoms with Crippen LogP contribution in [0.4, 0.5) is 0 Å². The van der Waals surface area contributed by atoms with E-state index in [1.807, 2.05) is 6.92 Å². The number of hydrogen-bond donors (Lipinski definition) is 3. The maximum atomic E-state index is 15.4. The molecule has 4 heterocycles. The number of nitrogens with one attached hydrogen (secondary N) is 3. The van der Waals surface area contributed by atoms with Crippen LogP contribution in [0.25, 0.3) is 0 Å². The van der Waals surface area contributed by atoms with Crippen molar-refractivity contribution in [1.29, 1.82) is 0 Å². The molecule has 0 radical (unpaired) electrons. The van der Waals surface area contributed by atoms with Gasteiger partial charge in [-0.15, -0.1) is 11.6 Å². The molecule has 4 aliphatic heterocycles. The molecule has 0 aromatic rings. The van der Waals surface area contributed by atoms with E-state index in [1.165, 1.54) is 81.4 Å². The molecule has 3 aliphatic carbocycles. The maximum Gasteiger partial charge on any atom is 0.248 e. The average Bonchev–Trinajstić information content (AvgIpc) is 1.76. The Bertz CT molecular complexity index is 2720. The van der Waals surface area contributed by atoms with E-state index in [1.54, 1.807) is 39.6 Å².